The molecule has 1 N–H and O–H groups in total. The summed E-state index contributed by atoms with van der Waals surface area (Å²) < 4.78 is 5.73. The summed E-state index contributed by atoms with van der Waals surface area (Å²) in [6.45, 7) is 6.99. The Morgan fingerprint density at radius 3 is 2.89 bits per heavy atom. The lowest BCUT2D eigenvalue weighted by Gasteiger charge is -2.23. The number of amides is 1. The third-order valence-corrected chi connectivity index (χ3v) is 5.74. The summed E-state index contributed by atoms with van der Waals surface area (Å²) in [4.78, 5) is 25.2. The van der Waals surface area contributed by atoms with Crippen molar-refractivity contribution in [1.29, 1.82) is 0 Å². The number of carbonyl (C=O) groups excluding carboxylic acids is 1. The molecule has 1 aliphatic heterocycles. The van der Waals surface area contributed by atoms with Crippen LogP contribution in [0.4, 0.5) is 5.13 Å². The van der Waals surface area contributed by atoms with E-state index in [1.165, 1.54) is 4.88 Å². The second kappa shape index (κ2) is 7.62. The molecule has 0 saturated heterocycles. The van der Waals surface area contributed by atoms with E-state index in [-0.39, 0.29) is 12.3 Å². The molecule has 0 unspecified atom stereocenters. The Bertz CT molecular complexity index is 948. The summed E-state index contributed by atoms with van der Waals surface area (Å²) in [5.41, 5.74) is 2.68. The summed E-state index contributed by atoms with van der Waals surface area (Å²) in [7, 11) is 0. The number of nitrogens with zero attached hydrogens (tertiary/aromatic N) is 3. The van der Waals surface area contributed by atoms with E-state index in [1.54, 1.807) is 11.3 Å². The summed E-state index contributed by atoms with van der Waals surface area (Å²) in [6.07, 6.45) is 1.12. The maximum Gasteiger partial charge on any atom is 0.232 e. The first kappa shape index (κ1) is 17.9. The van der Waals surface area contributed by atoms with E-state index in [4.69, 9.17) is 4.42 Å². The van der Waals surface area contributed by atoms with Crippen LogP contribution in [0.25, 0.3) is 11.5 Å². The topological polar surface area (TPSA) is 71.3 Å². The van der Waals surface area contributed by atoms with Crippen LogP contribution in [0.3, 0.4) is 0 Å². The quantitative estimate of drug-likeness (QED) is 0.729. The molecular weight excluding hydrogens is 360 g/mol. The number of hydrogen-bond acceptors (Lipinski definition) is 6. The van der Waals surface area contributed by atoms with E-state index in [0.29, 0.717) is 22.5 Å². The van der Waals surface area contributed by atoms with Crippen LogP contribution in [0.2, 0.25) is 0 Å². The lowest BCUT2D eigenvalue weighted by molar-refractivity contribution is -0.115. The van der Waals surface area contributed by atoms with E-state index in [9.17, 15) is 4.79 Å². The van der Waals surface area contributed by atoms with Crippen molar-refractivity contribution in [2.24, 2.45) is 0 Å². The minimum Gasteiger partial charge on any atom is -0.441 e. The normalized spacial score (nSPS) is 14.1. The van der Waals surface area contributed by atoms with Gasteiger partial charge in [0, 0.05) is 30.0 Å². The molecule has 140 valence electrons. The van der Waals surface area contributed by atoms with Gasteiger partial charge >= 0.3 is 0 Å². The average Bonchev–Trinajstić information content (AvgIpc) is 3.24. The average molecular weight is 382 g/mol. The van der Waals surface area contributed by atoms with Crippen molar-refractivity contribution in [1.82, 2.24) is 14.9 Å². The van der Waals surface area contributed by atoms with Gasteiger partial charge in [-0.05, 0) is 25.6 Å². The van der Waals surface area contributed by atoms with Crippen molar-refractivity contribution >= 4 is 22.4 Å². The molecule has 0 radical (unpaired) electrons. The first-order chi connectivity index (χ1) is 13.1. The highest BCUT2D eigenvalue weighted by atomic mass is 32.1. The third kappa shape index (κ3) is 3.94. The van der Waals surface area contributed by atoms with E-state index in [2.05, 4.69) is 27.1 Å². The third-order valence-electron chi connectivity index (χ3n) is 4.75. The summed E-state index contributed by atoms with van der Waals surface area (Å²) in [6, 6.07) is 9.70. The number of likely N-dealkylation sites (N-methyl/N-ethyl adjacent to an activating group) is 1. The van der Waals surface area contributed by atoms with Crippen LogP contribution in [0, 0.1) is 6.92 Å². The van der Waals surface area contributed by atoms with Gasteiger partial charge in [-0.3, -0.25) is 9.69 Å². The maximum atomic E-state index is 12.5. The van der Waals surface area contributed by atoms with Gasteiger partial charge in [-0.15, -0.1) is 11.3 Å². The standard InChI is InChI=1S/C20H22N4O2S/c1-3-24-10-9-15-17(12-24)27-20(22-15)23-18(25)11-16-13(2)26-19(21-16)14-7-5-4-6-8-14/h4-8H,3,9-12H2,1-2H3,(H,22,23,25). The van der Waals surface area contributed by atoms with E-state index >= 15 is 0 Å². The fraction of sp³-hybridized carbons (Fsp3) is 0.350. The van der Waals surface area contributed by atoms with Gasteiger partial charge in [0.1, 0.15) is 5.76 Å². The monoisotopic (exact) mass is 382 g/mol. The Morgan fingerprint density at radius 1 is 1.30 bits per heavy atom. The Kier molecular flexibility index (Phi) is 5.05. The molecule has 1 aromatic carbocycles. The number of aryl methyl sites for hydroxylation is 1. The van der Waals surface area contributed by atoms with Crippen molar-refractivity contribution in [3.8, 4) is 11.5 Å². The Morgan fingerprint density at radius 2 is 2.11 bits per heavy atom. The summed E-state index contributed by atoms with van der Waals surface area (Å²) in [5.74, 6) is 1.09. The fourth-order valence-electron chi connectivity index (χ4n) is 3.18. The number of carbonyl (C=O) groups is 1. The number of hydrogen-bond donors (Lipinski definition) is 1. The van der Waals surface area contributed by atoms with E-state index < -0.39 is 0 Å². The molecule has 0 bridgehead atoms. The molecule has 1 aliphatic rings. The number of nitrogens with one attached hydrogen (secondary N) is 1. The molecule has 6 nitrogen and oxygen atoms in total. The lowest BCUT2D eigenvalue weighted by Crippen LogP contribution is -2.29. The number of oxazole rings is 1. The molecule has 0 atom stereocenters. The second-order valence-corrected chi connectivity index (χ2v) is 7.70. The Labute approximate surface area is 162 Å². The zero-order valence-corrected chi connectivity index (χ0v) is 16.3. The van der Waals surface area contributed by atoms with Crippen molar-refractivity contribution in [2.75, 3.05) is 18.4 Å². The van der Waals surface area contributed by atoms with Crippen LogP contribution in [0.1, 0.15) is 28.9 Å². The molecule has 3 aromatic rings. The van der Waals surface area contributed by atoms with Crippen LogP contribution in [-0.4, -0.2) is 33.9 Å². The molecule has 3 heterocycles. The van der Waals surface area contributed by atoms with Crippen molar-refractivity contribution < 1.29 is 9.21 Å². The first-order valence-electron chi connectivity index (χ1n) is 9.15. The van der Waals surface area contributed by atoms with Gasteiger partial charge in [0.2, 0.25) is 11.8 Å². The van der Waals surface area contributed by atoms with Crippen molar-refractivity contribution in [2.45, 2.75) is 33.2 Å². The van der Waals surface area contributed by atoms with Crippen LogP contribution in [-0.2, 0) is 24.2 Å². The van der Waals surface area contributed by atoms with Gasteiger partial charge in [0.15, 0.2) is 5.13 Å². The number of rotatable bonds is 5. The molecule has 27 heavy (non-hydrogen) atoms. The molecule has 1 amide bonds. The zero-order valence-electron chi connectivity index (χ0n) is 15.5. The molecule has 0 saturated carbocycles. The fourth-order valence-corrected chi connectivity index (χ4v) is 4.25. The van der Waals surface area contributed by atoms with Gasteiger partial charge in [0.05, 0.1) is 17.8 Å². The van der Waals surface area contributed by atoms with Crippen molar-refractivity contribution in [3.05, 3.63) is 52.4 Å². The molecule has 0 aliphatic carbocycles. The van der Waals surface area contributed by atoms with E-state index in [1.807, 2.05) is 37.3 Å². The molecule has 0 fully saturated rings. The molecule has 4 rings (SSSR count). The molecule has 2 aromatic heterocycles. The highest BCUT2D eigenvalue weighted by Crippen LogP contribution is 2.28. The molecule has 0 spiro atoms. The second-order valence-electron chi connectivity index (χ2n) is 6.62. The van der Waals surface area contributed by atoms with Gasteiger partial charge in [-0.25, -0.2) is 9.97 Å². The predicted molar refractivity (Wildman–Crippen MR) is 106 cm³/mol. The number of aromatic nitrogens is 2. The van der Waals surface area contributed by atoms with Gasteiger partial charge in [0.25, 0.3) is 0 Å². The highest BCUT2D eigenvalue weighted by molar-refractivity contribution is 7.15. The number of thiazole rings is 1. The largest absolute Gasteiger partial charge is 0.441 e. The number of fused-ring (bicyclic) bond motifs is 1. The highest BCUT2D eigenvalue weighted by Gasteiger charge is 2.21. The van der Waals surface area contributed by atoms with E-state index in [0.717, 1.165) is 37.3 Å². The number of benzene rings is 1. The maximum absolute atomic E-state index is 12.5. The minimum atomic E-state index is -0.121. The van der Waals surface area contributed by atoms with Gasteiger partial charge < -0.3 is 9.73 Å². The van der Waals surface area contributed by atoms with Crippen molar-refractivity contribution in [3.63, 3.8) is 0 Å². The first-order valence-corrected chi connectivity index (χ1v) is 9.96. The van der Waals surface area contributed by atoms with Crippen LogP contribution in [0.5, 0.6) is 0 Å². The van der Waals surface area contributed by atoms with Crippen LogP contribution < -0.4 is 5.32 Å². The zero-order chi connectivity index (χ0) is 18.8. The van der Waals surface area contributed by atoms with Crippen LogP contribution in [0.15, 0.2) is 34.7 Å². The Balaban J connectivity index is 1.43. The predicted octanol–water partition coefficient (Wildman–Crippen LogP) is 3.67. The summed E-state index contributed by atoms with van der Waals surface area (Å²) in [5, 5.41) is 3.60. The lowest BCUT2D eigenvalue weighted by atomic mass is 10.2. The number of anilines is 1. The smallest absolute Gasteiger partial charge is 0.232 e. The minimum absolute atomic E-state index is 0.121. The van der Waals surface area contributed by atoms with Crippen LogP contribution >= 0.6 is 11.3 Å². The van der Waals surface area contributed by atoms with Gasteiger partial charge in [-0.1, -0.05) is 25.1 Å². The summed E-state index contributed by atoms with van der Waals surface area (Å²) >= 11 is 1.57. The SMILES string of the molecule is CCN1CCc2nc(NC(=O)Cc3nc(-c4ccccc4)oc3C)sc2C1. The molecule has 7 heteroatoms. The van der Waals surface area contributed by atoms with Gasteiger partial charge in [-0.2, -0.15) is 0 Å². The molecular formula is C20H22N4O2S. The Hall–Kier alpha value is -2.51.